The summed E-state index contributed by atoms with van der Waals surface area (Å²) in [6.45, 7) is 6.59. The third-order valence-corrected chi connectivity index (χ3v) is 3.64. The first-order valence-corrected chi connectivity index (χ1v) is 7.64. The fourth-order valence-electron chi connectivity index (χ4n) is 2.51. The molecular weight excluding hydrogens is 304 g/mol. The molecule has 1 aromatic carbocycles. The number of nitrogen functional groups attached to an aromatic ring is 1. The van der Waals surface area contributed by atoms with Crippen LogP contribution < -0.4 is 16.0 Å². The van der Waals surface area contributed by atoms with Gasteiger partial charge in [-0.2, -0.15) is 0 Å². The Balaban J connectivity index is 1.90. The maximum Gasteiger partial charge on any atom is 0.407 e. The van der Waals surface area contributed by atoms with Gasteiger partial charge in [0.05, 0.1) is 0 Å². The summed E-state index contributed by atoms with van der Waals surface area (Å²) in [4.78, 5) is 13.6. The lowest BCUT2D eigenvalue weighted by atomic mass is 10.0. The summed E-state index contributed by atoms with van der Waals surface area (Å²) in [6, 6.07) is 2.46. The molecule has 1 saturated heterocycles. The Labute approximate surface area is 134 Å². The predicted octanol–water partition coefficient (Wildman–Crippen LogP) is 3.04. The highest BCUT2D eigenvalue weighted by Crippen LogP contribution is 2.26. The molecule has 1 aromatic rings. The number of nitrogens with two attached hydrogens (primary N) is 1. The van der Waals surface area contributed by atoms with Crippen molar-refractivity contribution >= 4 is 17.5 Å². The fourth-order valence-corrected chi connectivity index (χ4v) is 2.51. The molecule has 0 aliphatic carbocycles. The van der Waals surface area contributed by atoms with Gasteiger partial charge in [-0.15, -0.1) is 0 Å². The average Bonchev–Trinajstić information content (AvgIpc) is 2.43. The smallest absolute Gasteiger partial charge is 0.407 e. The first kappa shape index (κ1) is 17.3. The van der Waals surface area contributed by atoms with Crippen LogP contribution in [0.2, 0.25) is 0 Å². The number of anilines is 2. The average molecular weight is 327 g/mol. The van der Waals surface area contributed by atoms with Crippen molar-refractivity contribution in [2.75, 3.05) is 23.7 Å². The Morgan fingerprint density at radius 1 is 1.26 bits per heavy atom. The molecule has 0 unspecified atom stereocenters. The lowest BCUT2D eigenvalue weighted by Gasteiger charge is -2.34. The Bertz CT molecular complexity index is 556. The highest BCUT2D eigenvalue weighted by atomic mass is 19.1. The van der Waals surface area contributed by atoms with Gasteiger partial charge in [-0.25, -0.2) is 13.6 Å². The van der Waals surface area contributed by atoms with E-state index in [1.54, 1.807) is 20.8 Å². The fraction of sp³-hybridized carbons (Fsp3) is 0.562. The second-order valence-electron chi connectivity index (χ2n) is 6.73. The third kappa shape index (κ3) is 4.71. The summed E-state index contributed by atoms with van der Waals surface area (Å²) in [5.41, 5.74) is 4.74. The van der Waals surface area contributed by atoms with Crippen LogP contribution in [0.4, 0.5) is 25.0 Å². The number of hydrogen-bond donors (Lipinski definition) is 2. The van der Waals surface area contributed by atoms with Gasteiger partial charge in [0.2, 0.25) is 0 Å². The van der Waals surface area contributed by atoms with Gasteiger partial charge < -0.3 is 20.7 Å². The van der Waals surface area contributed by atoms with Gasteiger partial charge in [-0.05, 0) is 45.7 Å². The molecule has 5 nitrogen and oxygen atoms in total. The largest absolute Gasteiger partial charge is 0.444 e. The van der Waals surface area contributed by atoms with E-state index in [0.717, 1.165) is 0 Å². The Hall–Kier alpha value is -2.05. The minimum absolute atomic E-state index is 0.00965. The van der Waals surface area contributed by atoms with E-state index >= 15 is 0 Å². The van der Waals surface area contributed by atoms with E-state index in [-0.39, 0.29) is 6.04 Å². The molecular formula is C16H23F2N3O2. The summed E-state index contributed by atoms with van der Waals surface area (Å²) in [5.74, 6) is -1.51. The minimum atomic E-state index is -0.756. The molecule has 128 valence electrons. The number of halogens is 2. The number of nitrogens with zero attached hydrogens (tertiary/aromatic N) is 1. The van der Waals surface area contributed by atoms with Gasteiger partial charge in [0.15, 0.2) is 11.6 Å². The number of ether oxygens (including phenoxy) is 1. The Morgan fingerprint density at radius 3 is 2.26 bits per heavy atom. The van der Waals surface area contributed by atoms with Crippen molar-refractivity contribution in [2.45, 2.75) is 45.3 Å². The van der Waals surface area contributed by atoms with E-state index in [1.807, 2.05) is 4.90 Å². The van der Waals surface area contributed by atoms with E-state index in [0.29, 0.717) is 31.6 Å². The summed E-state index contributed by atoms with van der Waals surface area (Å²) in [7, 11) is 0. The maximum atomic E-state index is 13.5. The monoisotopic (exact) mass is 327 g/mol. The van der Waals surface area contributed by atoms with Gasteiger partial charge >= 0.3 is 6.09 Å². The second kappa shape index (κ2) is 6.60. The van der Waals surface area contributed by atoms with Crippen molar-refractivity contribution in [3.8, 4) is 0 Å². The van der Waals surface area contributed by atoms with Crippen molar-refractivity contribution in [2.24, 2.45) is 0 Å². The number of rotatable bonds is 2. The van der Waals surface area contributed by atoms with Crippen LogP contribution in [0.3, 0.4) is 0 Å². The zero-order valence-electron chi connectivity index (χ0n) is 13.7. The van der Waals surface area contributed by atoms with Gasteiger partial charge in [-0.3, -0.25) is 0 Å². The van der Waals surface area contributed by atoms with Crippen LogP contribution in [0, 0.1) is 11.6 Å². The number of hydrogen-bond acceptors (Lipinski definition) is 4. The predicted molar refractivity (Wildman–Crippen MR) is 85.4 cm³/mol. The number of alkyl carbamates (subject to hydrolysis) is 1. The lowest BCUT2D eigenvalue weighted by Crippen LogP contribution is -2.46. The molecule has 0 aromatic heterocycles. The van der Waals surface area contributed by atoms with Crippen molar-refractivity contribution in [1.29, 1.82) is 0 Å². The van der Waals surface area contributed by atoms with Crippen LogP contribution in [-0.2, 0) is 4.74 Å². The van der Waals surface area contributed by atoms with Crippen molar-refractivity contribution in [1.82, 2.24) is 5.32 Å². The molecule has 1 aliphatic rings. The number of benzene rings is 1. The molecule has 7 heteroatoms. The van der Waals surface area contributed by atoms with E-state index < -0.39 is 29.0 Å². The lowest BCUT2D eigenvalue weighted by molar-refractivity contribution is 0.0497. The van der Waals surface area contributed by atoms with Crippen molar-refractivity contribution in [3.05, 3.63) is 23.8 Å². The van der Waals surface area contributed by atoms with E-state index in [9.17, 15) is 13.6 Å². The van der Waals surface area contributed by atoms with Gasteiger partial charge in [0.25, 0.3) is 0 Å². The standard InChI is InChI=1S/C16H23F2N3O2/c1-16(2,3)23-15(22)20-10-4-6-21(7-5-10)11-8-12(17)14(19)13(18)9-11/h8-10H,4-7,19H2,1-3H3,(H,20,22). The molecule has 1 aliphatic heterocycles. The Kier molecular flexibility index (Phi) is 4.97. The SMILES string of the molecule is CC(C)(C)OC(=O)NC1CCN(c2cc(F)c(N)c(F)c2)CC1. The zero-order valence-corrected chi connectivity index (χ0v) is 13.7. The molecule has 0 saturated carbocycles. The number of amides is 1. The van der Waals surface area contributed by atoms with E-state index in [1.165, 1.54) is 12.1 Å². The van der Waals surface area contributed by atoms with Crippen LogP contribution in [0.5, 0.6) is 0 Å². The van der Waals surface area contributed by atoms with Crippen LogP contribution in [0.25, 0.3) is 0 Å². The summed E-state index contributed by atoms with van der Waals surface area (Å²) < 4.78 is 32.3. The summed E-state index contributed by atoms with van der Waals surface area (Å²) >= 11 is 0. The van der Waals surface area contributed by atoms with Crippen molar-refractivity contribution in [3.63, 3.8) is 0 Å². The number of piperidine rings is 1. The number of carbonyl (C=O) groups excluding carboxylic acids is 1. The third-order valence-electron chi connectivity index (χ3n) is 3.64. The van der Waals surface area contributed by atoms with Crippen LogP contribution >= 0.6 is 0 Å². The topological polar surface area (TPSA) is 67.6 Å². The first-order chi connectivity index (χ1) is 10.7. The molecule has 0 bridgehead atoms. The highest BCUT2D eigenvalue weighted by molar-refractivity contribution is 5.68. The van der Waals surface area contributed by atoms with Gasteiger partial charge in [0, 0.05) is 24.8 Å². The van der Waals surface area contributed by atoms with E-state index in [4.69, 9.17) is 10.5 Å². The van der Waals surface area contributed by atoms with Crippen LogP contribution in [0.1, 0.15) is 33.6 Å². The summed E-state index contributed by atoms with van der Waals surface area (Å²) in [6.07, 6.45) is 0.903. The Morgan fingerprint density at radius 2 is 1.78 bits per heavy atom. The second-order valence-corrected chi connectivity index (χ2v) is 6.73. The normalized spacial score (nSPS) is 16.3. The molecule has 1 fully saturated rings. The molecule has 3 N–H and O–H groups in total. The maximum absolute atomic E-state index is 13.5. The molecule has 1 amide bonds. The molecule has 0 spiro atoms. The van der Waals surface area contributed by atoms with Gasteiger partial charge in [-0.1, -0.05) is 0 Å². The summed E-state index contributed by atoms with van der Waals surface area (Å²) in [5, 5.41) is 2.82. The van der Waals surface area contributed by atoms with Gasteiger partial charge in [0.1, 0.15) is 11.3 Å². The highest BCUT2D eigenvalue weighted by Gasteiger charge is 2.24. The molecule has 0 atom stereocenters. The zero-order chi connectivity index (χ0) is 17.2. The van der Waals surface area contributed by atoms with Crippen LogP contribution in [-0.4, -0.2) is 30.8 Å². The first-order valence-electron chi connectivity index (χ1n) is 7.64. The molecule has 1 heterocycles. The van der Waals surface area contributed by atoms with Crippen molar-refractivity contribution < 1.29 is 18.3 Å². The minimum Gasteiger partial charge on any atom is -0.444 e. The van der Waals surface area contributed by atoms with Crippen LogP contribution in [0.15, 0.2) is 12.1 Å². The molecule has 0 radical (unpaired) electrons. The number of carbonyl (C=O) groups is 1. The molecule has 23 heavy (non-hydrogen) atoms. The quantitative estimate of drug-likeness (QED) is 0.819. The van der Waals surface area contributed by atoms with E-state index in [2.05, 4.69) is 5.32 Å². The molecule has 2 rings (SSSR count). The number of nitrogens with one attached hydrogen (secondary N) is 1.